The molecule has 0 amide bonds. The van der Waals surface area contributed by atoms with E-state index in [1.165, 1.54) is 0 Å². The summed E-state index contributed by atoms with van der Waals surface area (Å²) in [5.41, 5.74) is 0. The molecule has 0 saturated heterocycles. The van der Waals surface area contributed by atoms with Crippen LogP contribution in [0.2, 0.25) is 0 Å². The van der Waals surface area contributed by atoms with Gasteiger partial charge in [-0.3, -0.25) is 0 Å². The molecule has 0 aliphatic rings. The molecule has 0 saturated carbocycles. The topological polar surface area (TPSA) is 0 Å². The van der Waals surface area contributed by atoms with Gasteiger partial charge in [-0.05, 0) is 0 Å². The Morgan fingerprint density at radius 2 is 0.700 bits per heavy atom. The molecule has 0 bridgehead atoms. The third-order valence-corrected chi connectivity index (χ3v) is 0. The molecule has 10 heavy (non-hydrogen) atoms. The summed E-state index contributed by atoms with van der Waals surface area (Å²) in [6.45, 7) is 0. The maximum Gasteiger partial charge on any atom is 0.440 e. The molecular formula is Br4Cl4Si2. The van der Waals surface area contributed by atoms with Gasteiger partial charge in [-0.2, -0.15) is 0 Å². The first-order chi connectivity index (χ1) is 4.00. The highest BCUT2D eigenvalue weighted by molar-refractivity contribution is 9.90. The van der Waals surface area contributed by atoms with Gasteiger partial charge in [-0.1, -0.05) is 61.2 Å². The highest BCUT2D eigenvalue weighted by Gasteiger charge is 2.19. The molecule has 0 heterocycles. The van der Waals surface area contributed by atoms with E-state index in [1.807, 2.05) is 0 Å². The molecule has 0 aromatic rings. The lowest BCUT2D eigenvalue weighted by Gasteiger charge is -1.88. The summed E-state index contributed by atoms with van der Waals surface area (Å²) in [5, 5.41) is -2.72. The molecule has 0 aromatic carbocycles. The van der Waals surface area contributed by atoms with E-state index in [2.05, 4.69) is 61.2 Å². The summed E-state index contributed by atoms with van der Waals surface area (Å²) in [4.78, 5) is 0. The smallest absolute Gasteiger partial charge is 0.110 e. The molecule has 0 radical (unpaired) electrons. The summed E-state index contributed by atoms with van der Waals surface area (Å²) < 4.78 is -1.36. The van der Waals surface area contributed by atoms with Crippen molar-refractivity contribution in [3.63, 3.8) is 0 Å². The van der Waals surface area contributed by atoms with E-state index in [4.69, 9.17) is 44.3 Å². The van der Waals surface area contributed by atoms with Gasteiger partial charge in [0, 0.05) is 0 Å². The lowest BCUT2D eigenvalue weighted by atomic mass is 27.6. The Hall–Kier alpha value is 3.51. The molecule has 0 aliphatic heterocycles. The first kappa shape index (κ1) is 16.0. The van der Waals surface area contributed by atoms with Crippen LogP contribution < -0.4 is 0 Å². The van der Waals surface area contributed by atoms with Crippen molar-refractivity contribution >= 4 is 113 Å². The van der Waals surface area contributed by atoms with Crippen molar-refractivity contribution in [2.45, 2.75) is 0 Å². The SMILES string of the molecule is Br[Si](Br)(Br)Br.Cl[Si](Cl)(Cl)Cl. The third-order valence-electron chi connectivity index (χ3n) is 0. The van der Waals surface area contributed by atoms with Gasteiger partial charge in [0.15, 0.2) is 0 Å². The number of hydrogen-bond donors (Lipinski definition) is 0. The Bertz CT molecular complexity index is 58.2. The van der Waals surface area contributed by atoms with E-state index in [9.17, 15) is 0 Å². The zero-order valence-electron chi connectivity index (χ0n) is 4.02. The molecule has 64 valence electrons. The quantitative estimate of drug-likeness (QED) is 0.299. The van der Waals surface area contributed by atoms with Crippen LogP contribution in [0.4, 0.5) is 0 Å². The maximum absolute atomic E-state index is 4.97. The fourth-order valence-electron chi connectivity index (χ4n) is 0. The summed E-state index contributed by atoms with van der Waals surface area (Å²) >= 11 is 32.9. The van der Waals surface area contributed by atoms with Gasteiger partial charge >= 0.3 is 7.86 Å². The number of halogens is 8. The Morgan fingerprint density at radius 3 is 0.700 bits per heavy atom. The molecule has 10 heteroatoms. The van der Waals surface area contributed by atoms with Crippen molar-refractivity contribution in [1.82, 2.24) is 0 Å². The highest BCUT2D eigenvalue weighted by atomic mass is 80.0. The molecule has 0 rings (SSSR count). The van der Waals surface area contributed by atoms with Crippen LogP contribution in [0.1, 0.15) is 0 Å². The van der Waals surface area contributed by atoms with E-state index in [0.717, 1.165) is 0 Å². The van der Waals surface area contributed by atoms with Crippen molar-refractivity contribution in [3.05, 3.63) is 0 Å². The lowest BCUT2D eigenvalue weighted by Crippen LogP contribution is -1.91. The van der Waals surface area contributed by atoms with Crippen LogP contribution in [0.3, 0.4) is 0 Å². The molecule has 0 nitrogen and oxygen atoms in total. The van der Waals surface area contributed by atoms with Crippen molar-refractivity contribution in [3.8, 4) is 0 Å². The van der Waals surface area contributed by atoms with Gasteiger partial charge < -0.3 is 0 Å². The van der Waals surface area contributed by atoms with Gasteiger partial charge in [0.25, 0.3) is 0 Å². The summed E-state index contributed by atoms with van der Waals surface area (Å²) in [6.07, 6.45) is 0. The zero-order valence-corrected chi connectivity index (χ0v) is 15.4. The molecule has 0 aromatic heterocycles. The number of hydrogen-bond acceptors (Lipinski definition) is 0. The fraction of sp³-hybridized carbons (Fsp3) is 0. The second kappa shape index (κ2) is 6.89. The molecule has 0 spiro atoms. The minimum Gasteiger partial charge on any atom is -0.110 e. The Morgan fingerprint density at radius 1 is 0.700 bits per heavy atom. The van der Waals surface area contributed by atoms with Crippen LogP contribution in [0.5, 0.6) is 0 Å². The van der Waals surface area contributed by atoms with Crippen LogP contribution in [0.15, 0.2) is 0 Å². The zero-order chi connectivity index (χ0) is 9.00. The minimum absolute atomic E-state index is 1.36. The maximum atomic E-state index is 4.97. The van der Waals surface area contributed by atoms with E-state index in [0.29, 0.717) is 0 Å². The lowest BCUT2D eigenvalue weighted by molar-refractivity contribution is 3.80. The molecular weight excluding hydrogens is 518 g/mol. The summed E-state index contributed by atoms with van der Waals surface area (Å²) in [5.74, 6) is 0. The Balaban J connectivity index is 0. The second-order valence-electron chi connectivity index (χ2n) is 0.857. The normalized spacial score (nSPS) is 12.0. The van der Waals surface area contributed by atoms with Crippen LogP contribution in [0.25, 0.3) is 0 Å². The van der Waals surface area contributed by atoms with Gasteiger partial charge in [0.2, 0.25) is 0 Å². The number of rotatable bonds is 0. The Kier molecular flexibility index (Phi) is 11.0. The van der Waals surface area contributed by atoms with Crippen molar-refractivity contribution in [2.75, 3.05) is 0 Å². The minimum atomic E-state index is -2.72. The highest BCUT2D eigenvalue weighted by Crippen LogP contribution is 2.33. The average Bonchev–Trinajstić information content (AvgIpc) is 1.12. The van der Waals surface area contributed by atoms with Gasteiger partial charge in [0.1, 0.15) is 0 Å². The van der Waals surface area contributed by atoms with Crippen LogP contribution in [0, 0.1) is 0 Å². The molecule has 0 unspecified atom stereocenters. The summed E-state index contributed by atoms with van der Waals surface area (Å²) in [7, 11) is 0. The van der Waals surface area contributed by atoms with Gasteiger partial charge in [-0.15, -0.1) is 44.3 Å². The van der Waals surface area contributed by atoms with Crippen molar-refractivity contribution in [2.24, 2.45) is 0 Å². The van der Waals surface area contributed by atoms with Crippen LogP contribution in [-0.4, -0.2) is 7.86 Å². The van der Waals surface area contributed by atoms with Crippen molar-refractivity contribution < 1.29 is 0 Å². The van der Waals surface area contributed by atoms with E-state index in [1.54, 1.807) is 0 Å². The molecule has 0 atom stereocenters. The third kappa shape index (κ3) is 103. The predicted molar refractivity (Wildman–Crippen MR) is 70.6 cm³/mol. The van der Waals surface area contributed by atoms with Gasteiger partial charge in [0.05, 0.1) is 0 Å². The largest absolute Gasteiger partial charge is 0.440 e. The molecule has 0 aliphatic carbocycles. The standard InChI is InChI=1S/Br4Si.Cl4Si/c2*1-5(2,3)4. The fourth-order valence-corrected chi connectivity index (χ4v) is 0. The molecule has 0 fully saturated rings. The summed E-state index contributed by atoms with van der Waals surface area (Å²) in [6, 6.07) is 0. The molecule has 0 N–H and O–H groups in total. The van der Waals surface area contributed by atoms with Crippen LogP contribution in [-0.2, 0) is 0 Å². The first-order valence-electron chi connectivity index (χ1n) is 1.51. The van der Waals surface area contributed by atoms with E-state index in [-0.39, 0.29) is 0 Å². The van der Waals surface area contributed by atoms with Crippen molar-refractivity contribution in [1.29, 1.82) is 0 Å². The predicted octanol–water partition coefficient (Wildman–Crippen LogP) is 5.38. The van der Waals surface area contributed by atoms with E-state index < -0.39 is 7.86 Å². The Labute approximate surface area is 111 Å². The monoisotopic (exact) mass is 512 g/mol. The second-order valence-corrected chi connectivity index (χ2v) is 46.3. The van der Waals surface area contributed by atoms with E-state index >= 15 is 0 Å². The van der Waals surface area contributed by atoms with Crippen LogP contribution >= 0.6 is 105 Å². The van der Waals surface area contributed by atoms with Gasteiger partial charge in [-0.25, -0.2) is 0 Å². The first-order valence-corrected chi connectivity index (χ1v) is 18.6. The average molecular weight is 518 g/mol.